The van der Waals surface area contributed by atoms with Gasteiger partial charge in [0.2, 0.25) is 0 Å². The fraction of sp³-hybridized carbons (Fsp3) is 0.500. The van der Waals surface area contributed by atoms with Crippen molar-refractivity contribution in [2.45, 2.75) is 12.3 Å². The van der Waals surface area contributed by atoms with E-state index in [4.69, 9.17) is 4.74 Å². The highest BCUT2D eigenvalue weighted by atomic mass is 19.4. The van der Waals surface area contributed by atoms with E-state index in [0.29, 0.717) is 26.2 Å². The second-order valence-corrected chi connectivity index (χ2v) is 4.88. The van der Waals surface area contributed by atoms with E-state index in [9.17, 15) is 18.0 Å². The number of nitrogens with one attached hydrogen (secondary N) is 1. The summed E-state index contributed by atoms with van der Waals surface area (Å²) in [5.74, 6) is -0.398. The summed E-state index contributed by atoms with van der Waals surface area (Å²) in [5.41, 5.74) is -0.761. The lowest BCUT2D eigenvalue weighted by Crippen LogP contribution is -2.48. The molecular weight excluding hydrogens is 285 g/mol. The van der Waals surface area contributed by atoms with Crippen LogP contribution in [-0.2, 0) is 10.9 Å². The molecule has 4 nitrogen and oxygen atoms in total. The van der Waals surface area contributed by atoms with E-state index in [2.05, 4.69) is 5.32 Å². The minimum Gasteiger partial charge on any atom is -0.373 e. The highest BCUT2D eigenvalue weighted by Gasteiger charge is 2.32. The van der Waals surface area contributed by atoms with Crippen LogP contribution in [0.25, 0.3) is 0 Å². The molecule has 116 valence electrons. The first-order chi connectivity index (χ1) is 9.91. The Morgan fingerprint density at radius 2 is 2.24 bits per heavy atom. The second kappa shape index (κ2) is 6.44. The average molecular weight is 302 g/mol. The summed E-state index contributed by atoms with van der Waals surface area (Å²) < 4.78 is 43.5. The Bertz CT molecular complexity index is 503. The number of nitrogens with zero attached hydrogens (tertiary/aromatic N) is 1. The first-order valence-corrected chi connectivity index (χ1v) is 6.64. The molecule has 0 bridgehead atoms. The van der Waals surface area contributed by atoms with Crippen LogP contribution in [0, 0.1) is 0 Å². The van der Waals surface area contributed by atoms with Crippen LogP contribution in [0.3, 0.4) is 0 Å². The SMILES string of the molecule is CNCC1CN(C(=O)c2cccc(C(F)(F)F)c2)CCO1. The molecule has 1 unspecified atom stereocenters. The number of morpholine rings is 1. The van der Waals surface area contributed by atoms with Gasteiger partial charge < -0.3 is 15.0 Å². The fourth-order valence-electron chi connectivity index (χ4n) is 2.27. The zero-order chi connectivity index (χ0) is 15.5. The predicted octanol–water partition coefficient (Wildman–Crippen LogP) is 1.77. The maximum atomic E-state index is 12.7. The first kappa shape index (κ1) is 15.8. The lowest BCUT2D eigenvalue weighted by Gasteiger charge is -2.33. The Labute approximate surface area is 120 Å². The minimum atomic E-state index is -4.45. The van der Waals surface area contributed by atoms with Crippen molar-refractivity contribution >= 4 is 5.91 Å². The van der Waals surface area contributed by atoms with Gasteiger partial charge in [-0.1, -0.05) is 6.07 Å². The van der Waals surface area contributed by atoms with Crippen LogP contribution in [-0.4, -0.2) is 50.2 Å². The lowest BCUT2D eigenvalue weighted by atomic mass is 10.1. The van der Waals surface area contributed by atoms with Crippen molar-refractivity contribution in [1.82, 2.24) is 10.2 Å². The van der Waals surface area contributed by atoms with Gasteiger partial charge in [-0.25, -0.2) is 0 Å². The number of likely N-dealkylation sites (N-methyl/N-ethyl adjacent to an activating group) is 1. The van der Waals surface area contributed by atoms with Gasteiger partial charge in [0.15, 0.2) is 0 Å². The molecule has 7 heteroatoms. The van der Waals surface area contributed by atoms with Crippen LogP contribution in [0.1, 0.15) is 15.9 Å². The van der Waals surface area contributed by atoms with Crippen LogP contribution < -0.4 is 5.32 Å². The maximum absolute atomic E-state index is 12.7. The number of hydrogen-bond acceptors (Lipinski definition) is 3. The van der Waals surface area contributed by atoms with Gasteiger partial charge in [-0.2, -0.15) is 13.2 Å². The summed E-state index contributed by atoms with van der Waals surface area (Å²) in [4.78, 5) is 13.8. The number of hydrogen-bond donors (Lipinski definition) is 1. The Morgan fingerprint density at radius 1 is 1.48 bits per heavy atom. The molecule has 2 rings (SSSR count). The van der Waals surface area contributed by atoms with Crippen LogP contribution >= 0.6 is 0 Å². The van der Waals surface area contributed by atoms with E-state index < -0.39 is 17.6 Å². The summed E-state index contributed by atoms with van der Waals surface area (Å²) in [6, 6.07) is 4.51. The molecule has 1 N–H and O–H groups in total. The van der Waals surface area contributed by atoms with Gasteiger partial charge in [-0.05, 0) is 25.2 Å². The zero-order valence-corrected chi connectivity index (χ0v) is 11.6. The highest BCUT2D eigenvalue weighted by Crippen LogP contribution is 2.29. The Hall–Kier alpha value is -1.60. The van der Waals surface area contributed by atoms with Gasteiger partial charge >= 0.3 is 6.18 Å². The number of amides is 1. The fourth-order valence-corrected chi connectivity index (χ4v) is 2.27. The summed E-state index contributed by atoms with van der Waals surface area (Å²) >= 11 is 0. The van der Waals surface area contributed by atoms with Gasteiger partial charge in [-0.3, -0.25) is 4.79 Å². The van der Waals surface area contributed by atoms with E-state index in [0.717, 1.165) is 12.1 Å². The number of benzene rings is 1. The second-order valence-electron chi connectivity index (χ2n) is 4.88. The van der Waals surface area contributed by atoms with Crippen LogP contribution in [0.15, 0.2) is 24.3 Å². The maximum Gasteiger partial charge on any atom is 0.416 e. The Balaban J connectivity index is 2.12. The lowest BCUT2D eigenvalue weighted by molar-refractivity contribution is -0.137. The third-order valence-corrected chi connectivity index (χ3v) is 3.29. The van der Waals surface area contributed by atoms with Crippen molar-refractivity contribution in [2.75, 3.05) is 33.3 Å². The molecule has 1 aromatic rings. The summed E-state index contributed by atoms with van der Waals surface area (Å²) in [6.07, 6.45) is -4.59. The molecule has 0 aliphatic carbocycles. The monoisotopic (exact) mass is 302 g/mol. The number of rotatable bonds is 3. The van der Waals surface area contributed by atoms with Gasteiger partial charge in [0.05, 0.1) is 18.3 Å². The molecule has 1 aromatic carbocycles. The quantitative estimate of drug-likeness (QED) is 0.925. The molecule has 1 heterocycles. The van der Waals surface area contributed by atoms with E-state index >= 15 is 0 Å². The topological polar surface area (TPSA) is 41.6 Å². The van der Waals surface area contributed by atoms with Crippen LogP contribution in [0.2, 0.25) is 0 Å². The molecule has 0 radical (unpaired) electrons. The molecule has 1 amide bonds. The number of carbonyl (C=O) groups excluding carboxylic acids is 1. The Kier molecular flexibility index (Phi) is 4.84. The Morgan fingerprint density at radius 3 is 2.90 bits per heavy atom. The predicted molar refractivity (Wildman–Crippen MR) is 71.0 cm³/mol. The zero-order valence-electron chi connectivity index (χ0n) is 11.6. The number of ether oxygens (including phenoxy) is 1. The summed E-state index contributed by atoms with van der Waals surface area (Å²) in [6.45, 7) is 1.73. The molecule has 1 fully saturated rings. The van der Waals surface area contributed by atoms with Crippen molar-refractivity contribution in [3.05, 3.63) is 35.4 Å². The number of halogens is 3. The van der Waals surface area contributed by atoms with Crippen molar-refractivity contribution in [2.24, 2.45) is 0 Å². The van der Waals surface area contributed by atoms with Gasteiger partial charge in [0.1, 0.15) is 0 Å². The van der Waals surface area contributed by atoms with Gasteiger partial charge in [0, 0.05) is 25.2 Å². The van der Waals surface area contributed by atoms with Crippen LogP contribution in [0.4, 0.5) is 13.2 Å². The van der Waals surface area contributed by atoms with E-state index in [1.807, 2.05) is 0 Å². The van der Waals surface area contributed by atoms with Crippen molar-refractivity contribution in [3.8, 4) is 0 Å². The molecule has 1 aliphatic heterocycles. The third-order valence-electron chi connectivity index (χ3n) is 3.29. The molecule has 1 aliphatic rings. The highest BCUT2D eigenvalue weighted by molar-refractivity contribution is 5.94. The normalized spacial score (nSPS) is 19.6. The molecule has 0 spiro atoms. The number of carbonyl (C=O) groups is 1. The van der Waals surface area contributed by atoms with E-state index in [-0.39, 0.29) is 11.7 Å². The number of alkyl halides is 3. The summed E-state index contributed by atoms with van der Waals surface area (Å²) in [5, 5.41) is 2.95. The first-order valence-electron chi connectivity index (χ1n) is 6.64. The standard InChI is InChI=1S/C14H17F3N2O2/c1-18-8-12-9-19(5-6-21-12)13(20)10-3-2-4-11(7-10)14(15,16)17/h2-4,7,12,18H,5-6,8-9H2,1H3. The minimum absolute atomic E-state index is 0.0509. The third kappa shape index (κ3) is 3.95. The van der Waals surface area contributed by atoms with E-state index in [1.54, 1.807) is 7.05 Å². The van der Waals surface area contributed by atoms with Crippen molar-refractivity contribution in [1.29, 1.82) is 0 Å². The molecule has 1 saturated heterocycles. The smallest absolute Gasteiger partial charge is 0.373 e. The molecule has 1 atom stereocenters. The van der Waals surface area contributed by atoms with Crippen molar-refractivity contribution < 1.29 is 22.7 Å². The van der Waals surface area contributed by atoms with E-state index in [1.165, 1.54) is 17.0 Å². The molecule has 21 heavy (non-hydrogen) atoms. The van der Waals surface area contributed by atoms with Crippen LogP contribution in [0.5, 0.6) is 0 Å². The molecular formula is C14H17F3N2O2. The molecule has 0 saturated carbocycles. The summed E-state index contributed by atoms with van der Waals surface area (Å²) in [7, 11) is 1.77. The average Bonchev–Trinajstić information content (AvgIpc) is 2.46. The van der Waals surface area contributed by atoms with Crippen molar-refractivity contribution in [3.63, 3.8) is 0 Å². The molecule has 0 aromatic heterocycles. The van der Waals surface area contributed by atoms with Gasteiger partial charge in [0.25, 0.3) is 5.91 Å². The largest absolute Gasteiger partial charge is 0.416 e. The van der Waals surface area contributed by atoms with Gasteiger partial charge in [-0.15, -0.1) is 0 Å².